The van der Waals surface area contributed by atoms with Crippen LogP contribution in [0.15, 0.2) is 18.2 Å². The number of halogens is 1. The van der Waals surface area contributed by atoms with Crippen LogP contribution in [0, 0.1) is 5.41 Å². The monoisotopic (exact) mass is 315 g/mol. The summed E-state index contributed by atoms with van der Waals surface area (Å²) in [4.78, 5) is 11.5. The fraction of sp³-hybridized carbons (Fsp3) is 0.533. The highest BCUT2D eigenvalue weighted by molar-refractivity contribution is 5.85. The zero-order chi connectivity index (χ0) is 14.8. The molecule has 0 unspecified atom stereocenters. The van der Waals surface area contributed by atoms with Crippen molar-refractivity contribution in [3.05, 3.63) is 23.8 Å². The smallest absolute Gasteiger partial charge is 0.407 e. The molecule has 118 valence electrons. The summed E-state index contributed by atoms with van der Waals surface area (Å²) in [6.07, 6.45) is -0.387. The number of hydrogen-bond acceptors (Lipinski definition) is 4. The van der Waals surface area contributed by atoms with Crippen LogP contribution in [-0.4, -0.2) is 26.4 Å². The Labute approximate surface area is 131 Å². The number of benzene rings is 1. The van der Waals surface area contributed by atoms with E-state index in [9.17, 15) is 4.79 Å². The third-order valence-electron chi connectivity index (χ3n) is 3.44. The molecule has 0 spiro atoms. The Morgan fingerprint density at radius 1 is 1.38 bits per heavy atom. The third kappa shape index (κ3) is 3.73. The lowest BCUT2D eigenvalue weighted by Gasteiger charge is -2.38. The first-order valence-corrected chi connectivity index (χ1v) is 6.72. The number of ether oxygens (including phenoxy) is 3. The Morgan fingerprint density at radius 3 is 2.71 bits per heavy atom. The van der Waals surface area contributed by atoms with Crippen molar-refractivity contribution in [1.29, 1.82) is 0 Å². The second kappa shape index (κ2) is 6.89. The molecule has 1 aliphatic heterocycles. The first kappa shape index (κ1) is 17.4. The van der Waals surface area contributed by atoms with Crippen LogP contribution in [0.2, 0.25) is 0 Å². The highest BCUT2D eigenvalue weighted by Crippen LogP contribution is 2.39. The average Bonchev–Trinajstić information content (AvgIpc) is 2.42. The maximum absolute atomic E-state index is 11.5. The summed E-state index contributed by atoms with van der Waals surface area (Å²) in [6.45, 7) is 7.00. The Morgan fingerprint density at radius 2 is 2.10 bits per heavy atom. The molecule has 1 aromatic rings. The standard InChI is InChI=1S/C15H21NO4.ClH/c1-5-19-11-7-6-10(8-12(11)18-4)13-15(2,3)9-20-14(17)16-13;/h6-8,13H,5,9H2,1-4H3,(H,16,17);1H/t13-;/m1./s1. The summed E-state index contributed by atoms with van der Waals surface area (Å²) in [5.74, 6) is 1.37. The van der Waals surface area contributed by atoms with E-state index < -0.39 is 0 Å². The molecule has 0 bridgehead atoms. The van der Waals surface area contributed by atoms with Crippen molar-refractivity contribution < 1.29 is 19.0 Å². The van der Waals surface area contributed by atoms with Crippen molar-refractivity contribution in [1.82, 2.24) is 5.32 Å². The first-order chi connectivity index (χ1) is 9.47. The molecular formula is C15H22ClNO4. The zero-order valence-corrected chi connectivity index (χ0v) is 13.6. The van der Waals surface area contributed by atoms with Crippen LogP contribution in [0.25, 0.3) is 0 Å². The first-order valence-electron chi connectivity index (χ1n) is 6.72. The molecule has 6 heteroatoms. The molecule has 1 heterocycles. The van der Waals surface area contributed by atoms with Crippen LogP contribution in [-0.2, 0) is 4.74 Å². The number of amides is 1. The summed E-state index contributed by atoms with van der Waals surface area (Å²) >= 11 is 0. The Hall–Kier alpha value is -1.62. The molecule has 0 radical (unpaired) electrons. The maximum atomic E-state index is 11.5. The summed E-state index contributed by atoms with van der Waals surface area (Å²) in [6, 6.07) is 5.61. The number of cyclic esters (lactones) is 1. The van der Waals surface area contributed by atoms with E-state index in [0.717, 1.165) is 5.56 Å². The average molecular weight is 316 g/mol. The van der Waals surface area contributed by atoms with Crippen LogP contribution in [0.3, 0.4) is 0 Å². The van der Waals surface area contributed by atoms with E-state index >= 15 is 0 Å². The molecular weight excluding hydrogens is 294 g/mol. The van der Waals surface area contributed by atoms with Crippen LogP contribution < -0.4 is 14.8 Å². The molecule has 2 rings (SSSR count). The van der Waals surface area contributed by atoms with Gasteiger partial charge in [0.1, 0.15) is 6.61 Å². The van der Waals surface area contributed by atoms with E-state index in [4.69, 9.17) is 14.2 Å². The van der Waals surface area contributed by atoms with Crippen molar-refractivity contribution >= 4 is 18.5 Å². The van der Waals surface area contributed by atoms with E-state index in [0.29, 0.717) is 24.7 Å². The van der Waals surface area contributed by atoms with Crippen molar-refractivity contribution in [2.45, 2.75) is 26.8 Å². The van der Waals surface area contributed by atoms with E-state index in [1.165, 1.54) is 0 Å². The predicted molar refractivity (Wildman–Crippen MR) is 82.4 cm³/mol. The molecule has 1 aromatic carbocycles. The van der Waals surface area contributed by atoms with Crippen LogP contribution in [0.4, 0.5) is 4.79 Å². The topological polar surface area (TPSA) is 56.8 Å². The summed E-state index contributed by atoms with van der Waals surface area (Å²) in [5, 5.41) is 2.87. The number of carbonyl (C=O) groups is 1. The van der Waals surface area contributed by atoms with E-state index in [1.807, 2.05) is 25.1 Å². The molecule has 0 aliphatic carbocycles. The van der Waals surface area contributed by atoms with Gasteiger partial charge in [0.25, 0.3) is 0 Å². The molecule has 0 aromatic heterocycles. The van der Waals surface area contributed by atoms with Gasteiger partial charge in [-0.2, -0.15) is 0 Å². The molecule has 0 saturated carbocycles. The molecule has 1 saturated heterocycles. The van der Waals surface area contributed by atoms with Gasteiger partial charge >= 0.3 is 6.09 Å². The number of alkyl carbamates (subject to hydrolysis) is 1. The molecule has 1 fully saturated rings. The van der Waals surface area contributed by atoms with Crippen molar-refractivity contribution in [3.63, 3.8) is 0 Å². The Balaban J connectivity index is 0.00000220. The number of hydrogen-bond donors (Lipinski definition) is 1. The van der Waals surface area contributed by atoms with Gasteiger partial charge in [-0.1, -0.05) is 19.9 Å². The van der Waals surface area contributed by atoms with Gasteiger partial charge in [0.2, 0.25) is 0 Å². The quantitative estimate of drug-likeness (QED) is 0.926. The summed E-state index contributed by atoms with van der Waals surface area (Å²) < 4.78 is 15.9. The summed E-state index contributed by atoms with van der Waals surface area (Å²) in [5.41, 5.74) is 0.790. The van der Waals surface area contributed by atoms with Crippen molar-refractivity contribution in [2.24, 2.45) is 5.41 Å². The fourth-order valence-corrected chi connectivity index (χ4v) is 2.36. The van der Waals surface area contributed by atoms with Gasteiger partial charge in [-0.05, 0) is 24.6 Å². The van der Waals surface area contributed by atoms with Gasteiger partial charge in [0.15, 0.2) is 11.5 Å². The molecule has 1 atom stereocenters. The number of carbonyl (C=O) groups excluding carboxylic acids is 1. The minimum atomic E-state index is -0.387. The molecule has 1 aliphatic rings. The SMILES string of the molecule is CCOc1ccc([C@H]2NC(=O)OCC2(C)C)cc1OC.Cl. The van der Waals surface area contributed by atoms with Crippen LogP contribution >= 0.6 is 12.4 Å². The van der Waals surface area contributed by atoms with Crippen molar-refractivity contribution in [2.75, 3.05) is 20.3 Å². The Bertz CT molecular complexity index is 504. The minimum absolute atomic E-state index is 0. The molecule has 1 amide bonds. The molecule has 21 heavy (non-hydrogen) atoms. The fourth-order valence-electron chi connectivity index (χ4n) is 2.36. The molecule has 1 N–H and O–H groups in total. The number of rotatable bonds is 4. The number of nitrogens with one attached hydrogen (secondary N) is 1. The van der Waals surface area contributed by atoms with Gasteiger partial charge in [-0.3, -0.25) is 0 Å². The number of methoxy groups -OCH3 is 1. The van der Waals surface area contributed by atoms with Gasteiger partial charge in [-0.15, -0.1) is 12.4 Å². The lowest BCUT2D eigenvalue weighted by molar-refractivity contribution is 0.0386. The second-order valence-electron chi connectivity index (χ2n) is 5.49. The van der Waals surface area contributed by atoms with E-state index in [2.05, 4.69) is 19.2 Å². The highest BCUT2D eigenvalue weighted by atomic mass is 35.5. The molecule has 5 nitrogen and oxygen atoms in total. The van der Waals surface area contributed by atoms with E-state index in [1.54, 1.807) is 7.11 Å². The van der Waals surface area contributed by atoms with Gasteiger partial charge in [0, 0.05) is 5.41 Å². The van der Waals surface area contributed by atoms with Gasteiger partial charge in [0.05, 0.1) is 19.8 Å². The normalized spacial score (nSPS) is 19.8. The van der Waals surface area contributed by atoms with Crippen molar-refractivity contribution in [3.8, 4) is 11.5 Å². The van der Waals surface area contributed by atoms with Crippen LogP contribution in [0.5, 0.6) is 11.5 Å². The predicted octanol–water partition coefficient (Wildman–Crippen LogP) is 3.32. The lowest BCUT2D eigenvalue weighted by atomic mass is 9.80. The Kier molecular flexibility index (Phi) is 5.72. The van der Waals surface area contributed by atoms with Gasteiger partial charge < -0.3 is 19.5 Å². The minimum Gasteiger partial charge on any atom is -0.493 e. The van der Waals surface area contributed by atoms with Crippen LogP contribution in [0.1, 0.15) is 32.4 Å². The maximum Gasteiger partial charge on any atom is 0.407 e. The summed E-state index contributed by atoms with van der Waals surface area (Å²) in [7, 11) is 1.61. The highest BCUT2D eigenvalue weighted by Gasteiger charge is 2.38. The second-order valence-corrected chi connectivity index (χ2v) is 5.49. The third-order valence-corrected chi connectivity index (χ3v) is 3.44. The van der Waals surface area contributed by atoms with Gasteiger partial charge in [-0.25, -0.2) is 4.79 Å². The zero-order valence-electron chi connectivity index (χ0n) is 12.8. The lowest BCUT2D eigenvalue weighted by Crippen LogP contribution is -2.46. The largest absolute Gasteiger partial charge is 0.493 e. The van der Waals surface area contributed by atoms with E-state index in [-0.39, 0.29) is 30.0 Å².